The zero-order valence-electron chi connectivity index (χ0n) is 16.1. The van der Waals surface area contributed by atoms with Crippen LogP contribution in [0.25, 0.3) is 0 Å². The van der Waals surface area contributed by atoms with Crippen LogP contribution in [0.15, 0.2) is 60.7 Å². The highest BCUT2D eigenvalue weighted by Crippen LogP contribution is 2.10. The Morgan fingerprint density at radius 2 is 1.44 bits per heavy atom. The van der Waals surface area contributed by atoms with Gasteiger partial charge in [-0.3, -0.25) is 9.59 Å². The van der Waals surface area contributed by atoms with Gasteiger partial charge in [-0.05, 0) is 31.4 Å². The van der Waals surface area contributed by atoms with Gasteiger partial charge in [0.1, 0.15) is 0 Å². The van der Waals surface area contributed by atoms with E-state index in [4.69, 9.17) is 4.74 Å². The maximum absolute atomic E-state index is 12.7. The van der Waals surface area contributed by atoms with E-state index in [0.29, 0.717) is 32.7 Å². The number of hydrogen-bond acceptors (Lipinski definition) is 3. The molecule has 0 bridgehead atoms. The van der Waals surface area contributed by atoms with Crippen LogP contribution < -0.4 is 5.32 Å². The first kappa shape index (κ1) is 20.6. The lowest BCUT2D eigenvalue weighted by atomic mass is 10.1. The molecule has 144 valence electrons. The second-order valence-electron chi connectivity index (χ2n) is 6.66. The molecule has 0 radical (unpaired) electrons. The van der Waals surface area contributed by atoms with E-state index in [0.717, 1.165) is 11.1 Å². The van der Waals surface area contributed by atoms with Gasteiger partial charge in [0.25, 0.3) is 0 Å². The molecule has 2 aromatic carbocycles. The number of ether oxygens (including phenoxy) is 1. The Morgan fingerprint density at radius 1 is 0.926 bits per heavy atom. The number of carbonyl (C=O) groups excluding carboxylic acids is 2. The molecule has 0 saturated carbocycles. The average Bonchev–Trinajstić information content (AvgIpc) is 2.68. The van der Waals surface area contributed by atoms with E-state index in [2.05, 4.69) is 5.32 Å². The van der Waals surface area contributed by atoms with E-state index in [1.807, 2.05) is 74.5 Å². The van der Waals surface area contributed by atoms with Crippen molar-refractivity contribution < 1.29 is 14.3 Å². The van der Waals surface area contributed by atoms with Crippen LogP contribution in [0.4, 0.5) is 0 Å². The molecular formula is C22H28N2O3. The third-order valence-corrected chi connectivity index (χ3v) is 3.97. The summed E-state index contributed by atoms with van der Waals surface area (Å²) in [5, 5.41) is 2.70. The zero-order valence-corrected chi connectivity index (χ0v) is 16.1. The minimum Gasteiger partial charge on any atom is -0.379 e. The van der Waals surface area contributed by atoms with E-state index >= 15 is 0 Å². The van der Waals surface area contributed by atoms with Crippen LogP contribution in [0.3, 0.4) is 0 Å². The zero-order chi connectivity index (χ0) is 19.5. The highest BCUT2D eigenvalue weighted by Gasteiger charge is 2.22. The second kappa shape index (κ2) is 11.1. The van der Waals surface area contributed by atoms with Gasteiger partial charge in [0.2, 0.25) is 0 Å². The third kappa shape index (κ3) is 7.62. The van der Waals surface area contributed by atoms with Crippen molar-refractivity contribution >= 4 is 11.8 Å². The first-order chi connectivity index (χ1) is 13.1. The molecule has 2 rings (SSSR count). The topological polar surface area (TPSA) is 58.6 Å². The van der Waals surface area contributed by atoms with Crippen molar-refractivity contribution in [2.45, 2.75) is 39.5 Å². The maximum atomic E-state index is 12.7. The van der Waals surface area contributed by atoms with Crippen LogP contribution in [0.5, 0.6) is 0 Å². The molecule has 0 spiro atoms. The molecule has 0 fully saturated rings. The van der Waals surface area contributed by atoms with E-state index in [1.165, 1.54) is 0 Å². The second-order valence-corrected chi connectivity index (χ2v) is 6.66. The van der Waals surface area contributed by atoms with Gasteiger partial charge in [0.05, 0.1) is 6.10 Å². The molecule has 0 aromatic heterocycles. The molecule has 0 atom stereocenters. The van der Waals surface area contributed by atoms with Crippen LogP contribution in [0, 0.1) is 0 Å². The lowest BCUT2D eigenvalue weighted by Crippen LogP contribution is -2.42. The molecule has 2 amide bonds. The van der Waals surface area contributed by atoms with Gasteiger partial charge in [-0.25, -0.2) is 0 Å². The Morgan fingerprint density at radius 3 is 1.93 bits per heavy atom. The van der Waals surface area contributed by atoms with Crippen LogP contribution in [0.2, 0.25) is 0 Å². The van der Waals surface area contributed by atoms with Gasteiger partial charge in [-0.2, -0.15) is 0 Å². The first-order valence-electron chi connectivity index (χ1n) is 9.33. The Kier molecular flexibility index (Phi) is 8.52. The molecule has 0 heterocycles. The summed E-state index contributed by atoms with van der Waals surface area (Å²) in [6.45, 7) is 5.68. The quantitative estimate of drug-likeness (QED) is 0.546. The minimum absolute atomic E-state index is 0.162. The van der Waals surface area contributed by atoms with Crippen molar-refractivity contribution in [3.63, 3.8) is 0 Å². The Bertz CT molecular complexity index is 661. The summed E-state index contributed by atoms with van der Waals surface area (Å²) < 4.78 is 5.44. The third-order valence-electron chi connectivity index (χ3n) is 3.97. The maximum Gasteiger partial charge on any atom is 0.312 e. The number of rotatable bonds is 9. The summed E-state index contributed by atoms with van der Waals surface area (Å²) in [5.41, 5.74) is 1.97. The van der Waals surface area contributed by atoms with Crippen molar-refractivity contribution in [2.75, 3.05) is 13.2 Å². The minimum atomic E-state index is -0.577. The van der Waals surface area contributed by atoms with Gasteiger partial charge < -0.3 is 15.0 Å². The summed E-state index contributed by atoms with van der Waals surface area (Å²) in [6, 6.07) is 19.4. The van der Waals surface area contributed by atoms with E-state index in [9.17, 15) is 9.59 Å². The van der Waals surface area contributed by atoms with E-state index < -0.39 is 11.8 Å². The SMILES string of the molecule is CC(C)OCCCNC(=O)C(=O)N(Cc1ccccc1)Cc1ccccc1. The summed E-state index contributed by atoms with van der Waals surface area (Å²) in [5.74, 6) is -1.10. The lowest BCUT2D eigenvalue weighted by Gasteiger charge is -2.22. The smallest absolute Gasteiger partial charge is 0.312 e. The summed E-state index contributed by atoms with van der Waals surface area (Å²) in [6.07, 6.45) is 0.837. The standard InChI is InChI=1S/C22H28N2O3/c1-18(2)27-15-9-14-23-21(25)22(26)24(16-19-10-5-3-6-11-19)17-20-12-7-4-8-13-20/h3-8,10-13,18H,9,14-17H2,1-2H3,(H,23,25). The van der Waals surface area contributed by atoms with Crippen LogP contribution in [-0.4, -0.2) is 36.0 Å². The lowest BCUT2D eigenvalue weighted by molar-refractivity contribution is -0.146. The number of hydrogen-bond donors (Lipinski definition) is 1. The number of benzene rings is 2. The highest BCUT2D eigenvalue weighted by atomic mass is 16.5. The molecule has 0 aliphatic rings. The van der Waals surface area contributed by atoms with E-state index in [-0.39, 0.29) is 6.10 Å². The van der Waals surface area contributed by atoms with Crippen molar-refractivity contribution in [3.05, 3.63) is 71.8 Å². The summed E-state index contributed by atoms with van der Waals surface area (Å²) >= 11 is 0. The summed E-state index contributed by atoms with van der Waals surface area (Å²) in [4.78, 5) is 26.6. The van der Waals surface area contributed by atoms with Gasteiger partial charge in [0, 0.05) is 26.2 Å². The first-order valence-corrected chi connectivity index (χ1v) is 9.33. The van der Waals surface area contributed by atoms with Crippen molar-refractivity contribution in [1.29, 1.82) is 0 Å². The van der Waals surface area contributed by atoms with Gasteiger partial charge in [0.15, 0.2) is 0 Å². The fourth-order valence-corrected chi connectivity index (χ4v) is 2.62. The van der Waals surface area contributed by atoms with Crippen LogP contribution in [0.1, 0.15) is 31.4 Å². The monoisotopic (exact) mass is 368 g/mol. The molecule has 27 heavy (non-hydrogen) atoms. The van der Waals surface area contributed by atoms with Crippen molar-refractivity contribution in [1.82, 2.24) is 10.2 Å². The van der Waals surface area contributed by atoms with Crippen LogP contribution in [-0.2, 0) is 27.4 Å². The number of carbonyl (C=O) groups is 2. The predicted molar refractivity (Wildman–Crippen MR) is 106 cm³/mol. The molecule has 0 aliphatic carbocycles. The number of nitrogens with zero attached hydrogens (tertiary/aromatic N) is 1. The fourth-order valence-electron chi connectivity index (χ4n) is 2.62. The highest BCUT2D eigenvalue weighted by molar-refractivity contribution is 6.34. The Labute approximate surface area is 161 Å². The molecule has 1 N–H and O–H groups in total. The van der Waals surface area contributed by atoms with Crippen molar-refractivity contribution in [3.8, 4) is 0 Å². The molecule has 0 unspecified atom stereocenters. The predicted octanol–water partition coefficient (Wildman–Crippen LogP) is 3.15. The molecular weight excluding hydrogens is 340 g/mol. The molecule has 0 aliphatic heterocycles. The van der Waals surface area contributed by atoms with Gasteiger partial charge >= 0.3 is 11.8 Å². The van der Waals surface area contributed by atoms with Crippen molar-refractivity contribution in [2.24, 2.45) is 0 Å². The largest absolute Gasteiger partial charge is 0.379 e. The average molecular weight is 368 g/mol. The van der Waals surface area contributed by atoms with E-state index in [1.54, 1.807) is 4.90 Å². The molecule has 0 saturated heterocycles. The van der Waals surface area contributed by atoms with Crippen LogP contribution >= 0.6 is 0 Å². The molecule has 2 aromatic rings. The molecule has 5 heteroatoms. The molecule has 5 nitrogen and oxygen atoms in total. The summed E-state index contributed by atoms with van der Waals surface area (Å²) in [7, 11) is 0. The number of nitrogens with one attached hydrogen (secondary N) is 1. The normalized spacial score (nSPS) is 10.6. The number of amides is 2. The Balaban J connectivity index is 1.96. The Hall–Kier alpha value is -2.66. The van der Waals surface area contributed by atoms with Gasteiger partial charge in [-0.1, -0.05) is 60.7 Å². The van der Waals surface area contributed by atoms with Gasteiger partial charge in [-0.15, -0.1) is 0 Å². The fraction of sp³-hybridized carbons (Fsp3) is 0.364.